The summed E-state index contributed by atoms with van der Waals surface area (Å²) in [6.07, 6.45) is 0.982. The number of hydrogen-bond donors (Lipinski definition) is 1. The fourth-order valence-electron chi connectivity index (χ4n) is 2.88. The van der Waals surface area contributed by atoms with E-state index in [9.17, 15) is 13.2 Å². The van der Waals surface area contributed by atoms with Crippen LogP contribution in [-0.4, -0.2) is 32.3 Å². The highest BCUT2D eigenvalue weighted by Crippen LogP contribution is 2.26. The van der Waals surface area contributed by atoms with Gasteiger partial charge in [0.15, 0.2) is 0 Å². The third-order valence-electron chi connectivity index (χ3n) is 4.27. The first-order valence-electron chi connectivity index (χ1n) is 8.13. The summed E-state index contributed by atoms with van der Waals surface area (Å²) in [5.41, 5.74) is 0.766. The molecule has 0 bridgehead atoms. The molecule has 138 valence electrons. The van der Waals surface area contributed by atoms with Gasteiger partial charge in [-0.1, -0.05) is 36.2 Å². The maximum Gasteiger partial charge on any atom is 0.261 e. The summed E-state index contributed by atoms with van der Waals surface area (Å²) in [5, 5.41) is 0.430. The lowest BCUT2D eigenvalue weighted by atomic mass is 10.1. The van der Waals surface area contributed by atoms with Crippen LogP contribution in [0.4, 0.5) is 5.69 Å². The maximum atomic E-state index is 12.6. The van der Waals surface area contributed by atoms with Crippen molar-refractivity contribution in [3.8, 4) is 0 Å². The lowest BCUT2D eigenvalue weighted by Gasteiger charge is -2.16. The van der Waals surface area contributed by atoms with E-state index < -0.39 is 10.0 Å². The Kier molecular flexibility index (Phi) is 5.46. The minimum atomic E-state index is -3.84. The zero-order valence-corrected chi connectivity index (χ0v) is 16.4. The zero-order chi connectivity index (χ0) is 18.9. The Labute approximate surface area is 163 Å². The van der Waals surface area contributed by atoms with Crippen LogP contribution in [0.1, 0.15) is 23.7 Å². The largest absolute Gasteiger partial charge is 0.338 e. The van der Waals surface area contributed by atoms with E-state index in [0.29, 0.717) is 17.2 Å². The normalized spacial score (nSPS) is 17.3. The summed E-state index contributed by atoms with van der Waals surface area (Å²) in [4.78, 5) is 14.4. The highest BCUT2D eigenvalue weighted by molar-refractivity contribution is 7.92. The van der Waals surface area contributed by atoms with Crippen molar-refractivity contribution in [2.75, 3.05) is 17.8 Å². The predicted octanol–water partition coefficient (Wildman–Crippen LogP) is 4.28. The molecule has 0 aromatic heterocycles. The number of hydrogen-bond acceptors (Lipinski definition) is 3. The van der Waals surface area contributed by atoms with Crippen molar-refractivity contribution in [2.24, 2.45) is 5.92 Å². The van der Waals surface area contributed by atoms with Crippen LogP contribution in [-0.2, 0) is 10.0 Å². The quantitative estimate of drug-likeness (QED) is 0.814. The molecule has 1 amide bonds. The van der Waals surface area contributed by atoms with Gasteiger partial charge in [-0.25, -0.2) is 8.42 Å². The Balaban J connectivity index is 1.81. The highest BCUT2D eigenvalue weighted by atomic mass is 35.5. The van der Waals surface area contributed by atoms with Crippen LogP contribution in [0.5, 0.6) is 0 Å². The summed E-state index contributed by atoms with van der Waals surface area (Å²) in [5.74, 6) is 0.389. The van der Waals surface area contributed by atoms with Crippen LogP contribution in [0.25, 0.3) is 0 Å². The van der Waals surface area contributed by atoms with Gasteiger partial charge in [-0.2, -0.15) is 0 Å². The van der Waals surface area contributed by atoms with Crippen LogP contribution in [0.3, 0.4) is 0 Å². The van der Waals surface area contributed by atoms with E-state index in [1.807, 2.05) is 0 Å². The molecule has 0 aliphatic carbocycles. The molecule has 1 heterocycles. The zero-order valence-electron chi connectivity index (χ0n) is 14.1. The molecule has 1 fully saturated rings. The molecular weight excluding hydrogens is 395 g/mol. The maximum absolute atomic E-state index is 12.6. The van der Waals surface area contributed by atoms with Crippen LogP contribution in [0.15, 0.2) is 47.4 Å². The second-order valence-electron chi connectivity index (χ2n) is 6.41. The van der Waals surface area contributed by atoms with Crippen LogP contribution in [0, 0.1) is 5.92 Å². The number of amides is 1. The first-order valence-corrected chi connectivity index (χ1v) is 10.4. The molecule has 1 aliphatic heterocycles. The molecule has 1 atom stereocenters. The first-order chi connectivity index (χ1) is 12.3. The monoisotopic (exact) mass is 412 g/mol. The number of rotatable bonds is 4. The highest BCUT2D eigenvalue weighted by Gasteiger charge is 2.24. The SMILES string of the molecule is CC1CCN(C(=O)c2cccc(NS(=O)(=O)c3ccc(Cl)c(Cl)c3)c2)C1. The number of carbonyl (C=O) groups excluding carboxylic acids is 1. The average Bonchev–Trinajstić information content (AvgIpc) is 3.03. The molecule has 26 heavy (non-hydrogen) atoms. The van der Waals surface area contributed by atoms with Gasteiger partial charge in [0, 0.05) is 24.3 Å². The summed E-state index contributed by atoms with van der Waals surface area (Å²) in [7, 11) is -3.84. The molecule has 0 spiro atoms. The third kappa shape index (κ3) is 4.14. The van der Waals surface area contributed by atoms with E-state index in [-0.39, 0.29) is 20.8 Å². The number of benzene rings is 2. The second-order valence-corrected chi connectivity index (χ2v) is 8.90. The molecule has 0 radical (unpaired) electrons. The van der Waals surface area contributed by atoms with Crippen LogP contribution in [0.2, 0.25) is 10.0 Å². The predicted molar refractivity (Wildman–Crippen MR) is 103 cm³/mol. The minimum absolute atomic E-state index is 0.00278. The fourth-order valence-corrected chi connectivity index (χ4v) is 4.31. The van der Waals surface area contributed by atoms with Crippen LogP contribution >= 0.6 is 23.2 Å². The minimum Gasteiger partial charge on any atom is -0.338 e. The lowest BCUT2D eigenvalue weighted by Crippen LogP contribution is -2.28. The van der Waals surface area contributed by atoms with E-state index in [4.69, 9.17) is 23.2 Å². The smallest absolute Gasteiger partial charge is 0.261 e. The number of anilines is 1. The Morgan fingerprint density at radius 2 is 1.92 bits per heavy atom. The van der Waals surface area contributed by atoms with Gasteiger partial charge >= 0.3 is 0 Å². The molecule has 1 aliphatic rings. The Morgan fingerprint density at radius 1 is 1.15 bits per heavy atom. The van der Waals surface area contributed by atoms with E-state index >= 15 is 0 Å². The Bertz CT molecular complexity index is 947. The fraction of sp³-hybridized carbons (Fsp3) is 0.278. The molecule has 3 rings (SSSR count). The van der Waals surface area contributed by atoms with Crippen molar-refractivity contribution in [3.63, 3.8) is 0 Å². The molecule has 0 saturated carbocycles. The van der Waals surface area contributed by atoms with E-state index in [0.717, 1.165) is 19.5 Å². The van der Waals surface area contributed by atoms with Gasteiger partial charge < -0.3 is 4.90 Å². The molecule has 1 N–H and O–H groups in total. The number of sulfonamides is 1. The molecule has 2 aromatic carbocycles. The van der Waals surface area contributed by atoms with Gasteiger partial charge in [0.1, 0.15) is 0 Å². The number of nitrogens with zero attached hydrogens (tertiary/aromatic N) is 1. The van der Waals surface area contributed by atoms with Gasteiger partial charge in [0.2, 0.25) is 0 Å². The van der Waals surface area contributed by atoms with Crippen molar-refractivity contribution in [3.05, 3.63) is 58.1 Å². The molecule has 1 saturated heterocycles. The molecule has 2 aromatic rings. The number of halogens is 2. The van der Waals surface area contributed by atoms with Crippen molar-refractivity contribution < 1.29 is 13.2 Å². The van der Waals surface area contributed by atoms with Crippen molar-refractivity contribution in [2.45, 2.75) is 18.2 Å². The molecule has 1 unspecified atom stereocenters. The number of likely N-dealkylation sites (tertiary alicyclic amines) is 1. The topological polar surface area (TPSA) is 66.5 Å². The van der Waals surface area contributed by atoms with E-state index in [1.165, 1.54) is 18.2 Å². The number of nitrogens with one attached hydrogen (secondary N) is 1. The third-order valence-corrected chi connectivity index (χ3v) is 6.39. The number of carbonyl (C=O) groups is 1. The van der Waals surface area contributed by atoms with Crippen molar-refractivity contribution in [1.29, 1.82) is 0 Å². The van der Waals surface area contributed by atoms with Crippen LogP contribution < -0.4 is 4.72 Å². The lowest BCUT2D eigenvalue weighted by molar-refractivity contribution is 0.0788. The summed E-state index contributed by atoms with van der Waals surface area (Å²) >= 11 is 11.7. The van der Waals surface area contributed by atoms with Gasteiger partial charge in [0.25, 0.3) is 15.9 Å². The first kappa shape index (κ1) is 19.0. The summed E-state index contributed by atoms with van der Waals surface area (Å²) in [6.45, 7) is 3.55. The standard InChI is InChI=1S/C18H18Cl2N2O3S/c1-12-7-8-22(11-12)18(23)13-3-2-4-14(9-13)21-26(24,25)15-5-6-16(19)17(20)10-15/h2-6,9-10,12,21H,7-8,11H2,1H3. The van der Waals surface area contributed by atoms with Gasteiger partial charge in [0.05, 0.1) is 14.9 Å². The van der Waals surface area contributed by atoms with E-state index in [1.54, 1.807) is 29.2 Å². The summed E-state index contributed by atoms with van der Waals surface area (Å²) < 4.78 is 27.6. The van der Waals surface area contributed by atoms with Gasteiger partial charge in [-0.15, -0.1) is 0 Å². The second kappa shape index (κ2) is 7.47. The van der Waals surface area contributed by atoms with E-state index in [2.05, 4.69) is 11.6 Å². The van der Waals surface area contributed by atoms with Crippen molar-refractivity contribution in [1.82, 2.24) is 4.90 Å². The molecule has 8 heteroatoms. The Morgan fingerprint density at radius 3 is 2.58 bits per heavy atom. The summed E-state index contributed by atoms with van der Waals surface area (Å²) in [6, 6.07) is 10.6. The van der Waals surface area contributed by atoms with Gasteiger partial charge in [-0.3, -0.25) is 9.52 Å². The van der Waals surface area contributed by atoms with Crippen molar-refractivity contribution >= 4 is 44.8 Å². The van der Waals surface area contributed by atoms with Gasteiger partial charge in [-0.05, 0) is 48.7 Å². The molecular formula is C18H18Cl2N2O3S. The molecule has 5 nitrogen and oxygen atoms in total. The average molecular weight is 413 g/mol. The Hall–Kier alpha value is -1.76.